The molecule has 0 spiro atoms. The van der Waals surface area contributed by atoms with Crippen LogP contribution >= 0.6 is 0 Å². The first kappa shape index (κ1) is 13.4. The van der Waals surface area contributed by atoms with Crippen LogP contribution in [0, 0.1) is 5.92 Å². The number of carbonyl (C=O) groups is 1. The zero-order valence-electron chi connectivity index (χ0n) is 9.85. The normalized spacial score (nSPS) is 26.9. The Balaban J connectivity index is 2.48. The number of aliphatic hydroxyl groups excluding tert-OH is 1. The van der Waals surface area contributed by atoms with Crippen LogP contribution in [0.15, 0.2) is 0 Å². The zero-order valence-corrected chi connectivity index (χ0v) is 9.85. The molecule has 2 unspecified atom stereocenters. The summed E-state index contributed by atoms with van der Waals surface area (Å²) >= 11 is 0. The van der Waals surface area contributed by atoms with Gasteiger partial charge < -0.3 is 15.5 Å². The monoisotopic (exact) mass is 230 g/mol. The van der Waals surface area contributed by atoms with E-state index in [1.165, 1.54) is 0 Å². The minimum atomic E-state index is -0.730. The summed E-state index contributed by atoms with van der Waals surface area (Å²) < 4.78 is 0. The highest BCUT2D eigenvalue weighted by molar-refractivity contribution is 5.67. The van der Waals surface area contributed by atoms with Crippen molar-refractivity contribution in [1.82, 2.24) is 10.2 Å². The molecule has 16 heavy (non-hydrogen) atoms. The number of carboxylic acids is 1. The number of likely N-dealkylation sites (tertiary alicyclic amines) is 1. The molecular weight excluding hydrogens is 208 g/mol. The van der Waals surface area contributed by atoms with Gasteiger partial charge in [-0.05, 0) is 18.9 Å². The Morgan fingerprint density at radius 1 is 1.50 bits per heavy atom. The van der Waals surface area contributed by atoms with E-state index in [4.69, 9.17) is 10.2 Å². The second-order valence-corrected chi connectivity index (χ2v) is 4.44. The fourth-order valence-electron chi connectivity index (χ4n) is 2.46. The van der Waals surface area contributed by atoms with E-state index in [1.807, 2.05) is 0 Å². The summed E-state index contributed by atoms with van der Waals surface area (Å²) in [6, 6.07) is 0.356. The third kappa shape index (κ3) is 4.47. The van der Waals surface area contributed by atoms with Gasteiger partial charge >= 0.3 is 5.97 Å². The Bertz CT molecular complexity index is 209. The fourth-order valence-corrected chi connectivity index (χ4v) is 2.46. The summed E-state index contributed by atoms with van der Waals surface area (Å²) in [7, 11) is 0. The molecule has 5 nitrogen and oxygen atoms in total. The van der Waals surface area contributed by atoms with Crippen molar-refractivity contribution in [3.8, 4) is 0 Å². The third-order valence-corrected chi connectivity index (χ3v) is 2.99. The number of nitrogens with one attached hydrogen (secondary N) is 1. The quantitative estimate of drug-likeness (QED) is 0.587. The molecule has 0 aromatic rings. The molecule has 3 N–H and O–H groups in total. The number of aliphatic carboxylic acids is 1. The number of carboxylic acid groups (broad SMARTS) is 1. The number of nitrogens with zero attached hydrogens (tertiary/aromatic N) is 1. The maximum absolute atomic E-state index is 10.7. The number of aliphatic hydroxyl groups is 1. The largest absolute Gasteiger partial charge is 0.481 e. The van der Waals surface area contributed by atoms with Crippen LogP contribution in [0.25, 0.3) is 0 Å². The Morgan fingerprint density at radius 2 is 2.25 bits per heavy atom. The lowest BCUT2D eigenvalue weighted by atomic mass is 9.91. The van der Waals surface area contributed by atoms with Gasteiger partial charge in [-0.1, -0.05) is 6.92 Å². The number of piperidine rings is 1. The smallest absolute Gasteiger partial charge is 0.303 e. The average molecular weight is 230 g/mol. The van der Waals surface area contributed by atoms with Gasteiger partial charge in [0.15, 0.2) is 0 Å². The van der Waals surface area contributed by atoms with Crippen LogP contribution in [0.4, 0.5) is 0 Å². The Labute approximate surface area is 96.4 Å². The van der Waals surface area contributed by atoms with Crippen molar-refractivity contribution in [2.24, 2.45) is 5.92 Å². The van der Waals surface area contributed by atoms with Gasteiger partial charge in [0, 0.05) is 32.1 Å². The zero-order chi connectivity index (χ0) is 12.0. The maximum Gasteiger partial charge on any atom is 0.303 e. The number of likely N-dealkylation sites (N-methyl/N-ethyl adjacent to an activating group) is 1. The molecule has 1 saturated heterocycles. The topological polar surface area (TPSA) is 72.8 Å². The lowest BCUT2D eigenvalue weighted by Gasteiger charge is -2.37. The van der Waals surface area contributed by atoms with Crippen molar-refractivity contribution in [3.05, 3.63) is 0 Å². The summed E-state index contributed by atoms with van der Waals surface area (Å²) in [6.45, 7) is 5.42. The molecule has 0 amide bonds. The van der Waals surface area contributed by atoms with Gasteiger partial charge in [-0.25, -0.2) is 0 Å². The molecule has 5 heteroatoms. The molecule has 1 aliphatic rings. The van der Waals surface area contributed by atoms with Crippen LogP contribution < -0.4 is 5.32 Å². The first-order valence-electron chi connectivity index (χ1n) is 5.94. The van der Waals surface area contributed by atoms with Crippen LogP contribution in [0.3, 0.4) is 0 Å². The van der Waals surface area contributed by atoms with E-state index in [0.29, 0.717) is 12.6 Å². The highest BCUT2D eigenvalue weighted by atomic mass is 16.4. The highest BCUT2D eigenvalue weighted by Gasteiger charge is 2.27. The molecule has 0 bridgehead atoms. The van der Waals surface area contributed by atoms with Crippen molar-refractivity contribution in [2.75, 3.05) is 32.8 Å². The van der Waals surface area contributed by atoms with E-state index in [9.17, 15) is 4.79 Å². The first-order valence-corrected chi connectivity index (χ1v) is 5.94. The molecule has 1 fully saturated rings. The second-order valence-electron chi connectivity index (χ2n) is 4.44. The van der Waals surface area contributed by atoms with Crippen molar-refractivity contribution in [1.29, 1.82) is 0 Å². The van der Waals surface area contributed by atoms with Crippen LogP contribution in [0.2, 0.25) is 0 Å². The van der Waals surface area contributed by atoms with Gasteiger partial charge in [0.1, 0.15) is 0 Å². The first-order chi connectivity index (χ1) is 7.65. The Kier molecular flexibility index (Phi) is 5.73. The molecule has 94 valence electrons. The predicted molar refractivity (Wildman–Crippen MR) is 61.4 cm³/mol. The van der Waals surface area contributed by atoms with Gasteiger partial charge in [-0.2, -0.15) is 0 Å². The number of rotatable bonds is 6. The van der Waals surface area contributed by atoms with Crippen molar-refractivity contribution in [3.63, 3.8) is 0 Å². The maximum atomic E-state index is 10.7. The van der Waals surface area contributed by atoms with Crippen molar-refractivity contribution < 1.29 is 15.0 Å². The molecule has 1 rings (SSSR count). The summed E-state index contributed by atoms with van der Waals surface area (Å²) in [5.41, 5.74) is 0. The molecule has 0 saturated carbocycles. The minimum absolute atomic E-state index is 0.138. The molecular formula is C11H22N2O3. The number of hydrogen-bond acceptors (Lipinski definition) is 4. The third-order valence-electron chi connectivity index (χ3n) is 2.99. The van der Waals surface area contributed by atoms with E-state index < -0.39 is 5.97 Å². The number of β-amino-alcohol motifs (C(OH)–C–C–N with tert-alkyl or cyclic N) is 1. The molecule has 0 aromatic heterocycles. The Hall–Kier alpha value is -0.650. The lowest BCUT2D eigenvalue weighted by molar-refractivity contribution is -0.138. The van der Waals surface area contributed by atoms with E-state index >= 15 is 0 Å². The average Bonchev–Trinajstić information content (AvgIpc) is 2.17. The molecule has 0 radical (unpaired) electrons. The minimum Gasteiger partial charge on any atom is -0.481 e. The van der Waals surface area contributed by atoms with Gasteiger partial charge in [0.05, 0.1) is 6.61 Å². The van der Waals surface area contributed by atoms with E-state index in [1.54, 1.807) is 0 Å². The van der Waals surface area contributed by atoms with Crippen LogP contribution in [-0.2, 0) is 4.79 Å². The highest BCUT2D eigenvalue weighted by Crippen LogP contribution is 2.19. The van der Waals surface area contributed by atoms with Crippen molar-refractivity contribution in [2.45, 2.75) is 25.8 Å². The van der Waals surface area contributed by atoms with Crippen molar-refractivity contribution >= 4 is 5.97 Å². The van der Waals surface area contributed by atoms with Crippen LogP contribution in [-0.4, -0.2) is 59.9 Å². The van der Waals surface area contributed by atoms with Gasteiger partial charge in [-0.15, -0.1) is 0 Å². The standard InChI is InChI=1S/C11H22N2O3/c1-2-12-10-5-9(6-11(15)16)7-13(8-10)3-4-14/h9-10,12,14H,2-8H2,1H3,(H,15,16). The molecule has 2 atom stereocenters. The van der Waals surface area contributed by atoms with E-state index in [2.05, 4.69) is 17.1 Å². The fraction of sp³-hybridized carbons (Fsp3) is 0.909. The van der Waals surface area contributed by atoms with Gasteiger partial charge in [0.2, 0.25) is 0 Å². The molecule has 1 aliphatic heterocycles. The van der Waals surface area contributed by atoms with Crippen LogP contribution in [0.1, 0.15) is 19.8 Å². The summed E-state index contributed by atoms with van der Waals surface area (Å²) in [6.07, 6.45) is 1.14. The van der Waals surface area contributed by atoms with Gasteiger partial charge in [-0.3, -0.25) is 9.69 Å². The molecule has 0 aliphatic carbocycles. The van der Waals surface area contributed by atoms with Gasteiger partial charge in [0.25, 0.3) is 0 Å². The molecule has 0 aromatic carbocycles. The molecule has 1 heterocycles. The summed E-state index contributed by atoms with van der Waals surface area (Å²) in [5.74, 6) is -0.534. The predicted octanol–water partition coefficient (Wildman–Crippen LogP) is -0.247. The summed E-state index contributed by atoms with van der Waals surface area (Å²) in [4.78, 5) is 12.9. The van der Waals surface area contributed by atoms with E-state index in [0.717, 1.165) is 26.1 Å². The van der Waals surface area contributed by atoms with Crippen LogP contribution in [0.5, 0.6) is 0 Å². The number of hydrogen-bond donors (Lipinski definition) is 3. The van der Waals surface area contributed by atoms with E-state index in [-0.39, 0.29) is 18.9 Å². The summed E-state index contributed by atoms with van der Waals surface area (Å²) in [5, 5.41) is 21.1. The lowest BCUT2D eigenvalue weighted by Crippen LogP contribution is -2.50. The Morgan fingerprint density at radius 3 is 2.81 bits per heavy atom. The second kappa shape index (κ2) is 6.83. The SMILES string of the molecule is CCNC1CC(CC(=O)O)CN(CCO)C1.